The predicted molar refractivity (Wildman–Crippen MR) is 76.5 cm³/mol. The fraction of sp³-hybridized carbons (Fsp3) is 0.462. The number of carbonyl (C=O) groups excluding carboxylic acids is 1. The highest BCUT2D eigenvalue weighted by molar-refractivity contribution is 6.35. The Labute approximate surface area is 122 Å². The molecule has 1 aromatic rings. The highest BCUT2D eigenvalue weighted by atomic mass is 35.5. The molecule has 1 aliphatic heterocycles. The number of halogens is 1. The number of esters is 1. The second kappa shape index (κ2) is 5.66. The molecule has 0 aromatic carbocycles. The van der Waals surface area contributed by atoms with Crippen LogP contribution in [-0.2, 0) is 9.57 Å². The van der Waals surface area contributed by atoms with Gasteiger partial charge in [0, 0.05) is 20.5 Å². The Morgan fingerprint density at radius 1 is 1.55 bits per heavy atom. The molecule has 20 heavy (non-hydrogen) atoms. The van der Waals surface area contributed by atoms with Gasteiger partial charge in [0.15, 0.2) is 11.8 Å². The highest BCUT2D eigenvalue weighted by Gasteiger charge is 2.26. The first kappa shape index (κ1) is 14.6. The summed E-state index contributed by atoms with van der Waals surface area (Å²) in [5, 5.41) is 4.16. The van der Waals surface area contributed by atoms with Gasteiger partial charge in [-0.05, 0) is 13.0 Å². The van der Waals surface area contributed by atoms with E-state index >= 15 is 0 Å². The van der Waals surface area contributed by atoms with Crippen LogP contribution in [0.3, 0.4) is 0 Å². The summed E-state index contributed by atoms with van der Waals surface area (Å²) in [6.07, 6.45) is 0.344. The molecule has 1 unspecified atom stereocenters. The minimum atomic E-state index is -0.574. The largest absolute Gasteiger partial charge is 0.464 e. The van der Waals surface area contributed by atoms with Gasteiger partial charge in [-0.3, -0.25) is 0 Å². The SMILES string of the molecule is COC(=O)c1nc(C2CC(C)=NO2)cc(N(C)C)c1Cl. The smallest absolute Gasteiger partial charge is 0.358 e. The second-order valence-electron chi connectivity index (χ2n) is 4.74. The molecule has 6 nitrogen and oxygen atoms in total. The van der Waals surface area contributed by atoms with Crippen molar-refractivity contribution < 1.29 is 14.4 Å². The first-order valence-electron chi connectivity index (χ1n) is 6.09. The maximum absolute atomic E-state index is 11.8. The molecule has 7 heteroatoms. The van der Waals surface area contributed by atoms with Gasteiger partial charge in [-0.25, -0.2) is 9.78 Å². The lowest BCUT2D eigenvalue weighted by atomic mass is 10.1. The van der Waals surface area contributed by atoms with Crippen LogP contribution >= 0.6 is 11.6 Å². The van der Waals surface area contributed by atoms with Gasteiger partial charge in [-0.1, -0.05) is 16.8 Å². The Hall–Kier alpha value is -1.82. The third-order valence-electron chi connectivity index (χ3n) is 2.97. The van der Waals surface area contributed by atoms with Gasteiger partial charge >= 0.3 is 5.97 Å². The number of nitrogens with zero attached hydrogens (tertiary/aromatic N) is 3. The van der Waals surface area contributed by atoms with Crippen molar-refractivity contribution >= 4 is 29.0 Å². The number of aromatic nitrogens is 1. The molecule has 0 spiro atoms. The van der Waals surface area contributed by atoms with Crippen molar-refractivity contribution in [2.45, 2.75) is 19.4 Å². The lowest BCUT2D eigenvalue weighted by Gasteiger charge is -2.18. The van der Waals surface area contributed by atoms with Crippen LogP contribution in [0.25, 0.3) is 0 Å². The van der Waals surface area contributed by atoms with Gasteiger partial charge in [0.1, 0.15) is 0 Å². The van der Waals surface area contributed by atoms with Gasteiger partial charge in [0.05, 0.1) is 29.2 Å². The Bertz CT molecular complexity index is 572. The standard InChI is InChI=1S/C13H16ClN3O3/c1-7-5-10(20-16-7)8-6-9(17(2)3)11(14)12(15-8)13(18)19-4/h6,10H,5H2,1-4H3. The van der Waals surface area contributed by atoms with E-state index < -0.39 is 5.97 Å². The van der Waals surface area contributed by atoms with E-state index in [9.17, 15) is 4.79 Å². The van der Waals surface area contributed by atoms with Crippen molar-refractivity contribution in [1.29, 1.82) is 0 Å². The fourth-order valence-corrected chi connectivity index (χ4v) is 2.26. The summed E-state index contributed by atoms with van der Waals surface area (Å²) in [5.74, 6) is -0.574. The van der Waals surface area contributed by atoms with Crippen molar-refractivity contribution in [3.05, 3.63) is 22.5 Å². The molecule has 2 heterocycles. The number of hydrogen-bond donors (Lipinski definition) is 0. The van der Waals surface area contributed by atoms with E-state index in [0.717, 1.165) is 5.71 Å². The van der Waals surface area contributed by atoms with E-state index in [2.05, 4.69) is 10.1 Å². The van der Waals surface area contributed by atoms with Crippen molar-refractivity contribution in [1.82, 2.24) is 4.98 Å². The van der Waals surface area contributed by atoms with Crippen LogP contribution in [0.1, 0.15) is 35.6 Å². The normalized spacial score (nSPS) is 17.4. The highest BCUT2D eigenvalue weighted by Crippen LogP contribution is 2.33. The van der Waals surface area contributed by atoms with E-state index in [1.807, 2.05) is 25.9 Å². The second-order valence-corrected chi connectivity index (χ2v) is 5.12. The first-order chi connectivity index (χ1) is 9.43. The van der Waals surface area contributed by atoms with Crippen molar-refractivity contribution in [2.24, 2.45) is 5.16 Å². The van der Waals surface area contributed by atoms with Crippen molar-refractivity contribution in [3.63, 3.8) is 0 Å². The Kier molecular flexibility index (Phi) is 4.13. The van der Waals surface area contributed by atoms with Crippen LogP contribution in [0.5, 0.6) is 0 Å². The zero-order valence-corrected chi connectivity index (χ0v) is 12.6. The summed E-state index contributed by atoms with van der Waals surface area (Å²) >= 11 is 6.21. The average Bonchev–Trinajstić information content (AvgIpc) is 2.84. The van der Waals surface area contributed by atoms with Gasteiger partial charge in [-0.15, -0.1) is 0 Å². The minimum Gasteiger partial charge on any atom is -0.464 e. The quantitative estimate of drug-likeness (QED) is 0.802. The summed E-state index contributed by atoms with van der Waals surface area (Å²) in [7, 11) is 4.97. The number of pyridine rings is 1. The molecule has 0 amide bonds. The lowest BCUT2D eigenvalue weighted by Crippen LogP contribution is -2.16. The van der Waals surface area contributed by atoms with E-state index in [-0.39, 0.29) is 16.8 Å². The van der Waals surface area contributed by atoms with E-state index in [1.165, 1.54) is 7.11 Å². The lowest BCUT2D eigenvalue weighted by molar-refractivity contribution is 0.0589. The molecular formula is C13H16ClN3O3. The third kappa shape index (κ3) is 2.70. The molecule has 1 aliphatic rings. The maximum Gasteiger partial charge on any atom is 0.358 e. The summed E-state index contributed by atoms with van der Waals surface area (Å²) in [6.45, 7) is 1.88. The number of hydrogen-bond acceptors (Lipinski definition) is 6. The van der Waals surface area contributed by atoms with Gasteiger partial charge < -0.3 is 14.5 Å². The van der Waals surface area contributed by atoms with Crippen LogP contribution < -0.4 is 4.90 Å². The van der Waals surface area contributed by atoms with Crippen LogP contribution in [-0.4, -0.2) is 37.9 Å². The number of methoxy groups -OCH3 is 1. The van der Waals surface area contributed by atoms with Crippen LogP contribution in [0.2, 0.25) is 5.02 Å². The zero-order valence-electron chi connectivity index (χ0n) is 11.8. The molecule has 2 rings (SSSR count). The van der Waals surface area contributed by atoms with Crippen LogP contribution in [0.15, 0.2) is 11.2 Å². The van der Waals surface area contributed by atoms with E-state index in [4.69, 9.17) is 21.2 Å². The Morgan fingerprint density at radius 2 is 2.25 bits per heavy atom. The van der Waals surface area contributed by atoms with Crippen LogP contribution in [0, 0.1) is 0 Å². The number of rotatable bonds is 3. The number of anilines is 1. The zero-order chi connectivity index (χ0) is 14.9. The summed E-state index contributed by atoms with van der Waals surface area (Å²) < 4.78 is 4.72. The average molecular weight is 298 g/mol. The van der Waals surface area contributed by atoms with E-state index in [0.29, 0.717) is 17.8 Å². The topological polar surface area (TPSA) is 64.0 Å². The van der Waals surface area contributed by atoms with Crippen LogP contribution in [0.4, 0.5) is 5.69 Å². The molecule has 0 N–H and O–H groups in total. The Morgan fingerprint density at radius 3 is 2.75 bits per heavy atom. The summed E-state index contributed by atoms with van der Waals surface area (Å²) in [5.41, 5.74) is 2.27. The molecule has 0 radical (unpaired) electrons. The molecule has 0 aliphatic carbocycles. The molecule has 108 valence electrons. The number of carbonyl (C=O) groups is 1. The van der Waals surface area contributed by atoms with Gasteiger partial charge in [0.2, 0.25) is 0 Å². The first-order valence-corrected chi connectivity index (χ1v) is 6.47. The Balaban J connectivity index is 2.48. The summed E-state index contributed by atoms with van der Waals surface area (Å²) in [4.78, 5) is 23.2. The fourth-order valence-electron chi connectivity index (χ4n) is 1.91. The molecule has 0 saturated carbocycles. The minimum absolute atomic E-state index is 0.0866. The molecule has 0 bridgehead atoms. The molecule has 0 fully saturated rings. The van der Waals surface area contributed by atoms with Gasteiger partial charge in [-0.2, -0.15) is 0 Å². The summed E-state index contributed by atoms with van der Waals surface area (Å²) in [6, 6.07) is 1.80. The monoisotopic (exact) mass is 297 g/mol. The number of ether oxygens (including phenoxy) is 1. The molecule has 1 atom stereocenters. The van der Waals surface area contributed by atoms with Gasteiger partial charge in [0.25, 0.3) is 0 Å². The predicted octanol–water partition coefficient (Wildman–Crippen LogP) is 2.42. The molecule has 0 saturated heterocycles. The maximum atomic E-state index is 11.8. The van der Waals surface area contributed by atoms with Crippen molar-refractivity contribution in [2.75, 3.05) is 26.1 Å². The van der Waals surface area contributed by atoms with Crippen molar-refractivity contribution in [3.8, 4) is 0 Å². The van der Waals surface area contributed by atoms with E-state index in [1.54, 1.807) is 6.07 Å². The molecule has 1 aromatic heterocycles. The third-order valence-corrected chi connectivity index (χ3v) is 3.34. The molecular weight excluding hydrogens is 282 g/mol. The number of oxime groups is 1.